The van der Waals surface area contributed by atoms with Gasteiger partial charge < -0.3 is 0 Å². The molecule has 0 aliphatic heterocycles. The van der Waals surface area contributed by atoms with Crippen LogP contribution in [-0.2, 0) is 11.0 Å². The van der Waals surface area contributed by atoms with Gasteiger partial charge in [0.2, 0.25) is 0 Å². The summed E-state index contributed by atoms with van der Waals surface area (Å²) < 4.78 is 16.9. The lowest BCUT2D eigenvalue weighted by molar-refractivity contribution is 0.294. The highest BCUT2D eigenvalue weighted by Crippen LogP contribution is 2.37. The van der Waals surface area contributed by atoms with Crippen LogP contribution in [0.4, 0.5) is 0 Å². The van der Waals surface area contributed by atoms with Crippen molar-refractivity contribution in [2.45, 2.75) is 63.7 Å². The fourth-order valence-electron chi connectivity index (χ4n) is 2.90. The molecule has 0 heterocycles. The average molecular weight is 372 g/mol. The van der Waals surface area contributed by atoms with E-state index in [4.69, 9.17) is 0 Å². The molecule has 0 spiro atoms. The molecule has 0 amide bonds. The fourth-order valence-corrected chi connectivity index (χ4v) is 4.34. The summed E-state index contributed by atoms with van der Waals surface area (Å²) in [6.07, 6.45) is 6.35. The Morgan fingerprint density at radius 2 is 1.81 bits per heavy atom. The van der Waals surface area contributed by atoms with Crippen molar-refractivity contribution in [2.75, 3.05) is 0 Å². The predicted octanol–water partition coefficient (Wildman–Crippen LogP) is 5.12. The number of hydrogen-bond donors (Lipinski definition) is 1. The maximum Gasteiger partial charge on any atom is 0.0976 e. The molecule has 2 rings (SSSR count). The van der Waals surface area contributed by atoms with E-state index >= 15 is 0 Å². The van der Waals surface area contributed by atoms with Crippen molar-refractivity contribution in [3.8, 4) is 0 Å². The quantitative estimate of drug-likeness (QED) is 0.781. The minimum Gasteiger partial charge on any atom is -0.242 e. The number of benzene rings is 1. The summed E-state index contributed by atoms with van der Waals surface area (Å²) in [4.78, 5) is 0. The summed E-state index contributed by atoms with van der Waals surface area (Å²) in [5, 5.41) is 0. The molecule has 1 fully saturated rings. The summed E-state index contributed by atoms with van der Waals surface area (Å²) in [6, 6.07) is 8.49. The molecular weight excluding hydrogens is 346 g/mol. The molecule has 0 bridgehead atoms. The second-order valence-electron chi connectivity index (χ2n) is 6.90. The van der Waals surface area contributed by atoms with Gasteiger partial charge in [0.05, 0.1) is 15.7 Å². The zero-order valence-corrected chi connectivity index (χ0v) is 15.6. The number of nitrogens with one attached hydrogen (secondary N) is 1. The van der Waals surface area contributed by atoms with E-state index in [1.807, 2.05) is 26.8 Å². The highest BCUT2D eigenvalue weighted by atomic mass is 79.9. The lowest BCUT2D eigenvalue weighted by Gasteiger charge is -2.33. The van der Waals surface area contributed by atoms with Crippen LogP contribution < -0.4 is 4.72 Å². The van der Waals surface area contributed by atoms with Crippen LogP contribution in [0.5, 0.6) is 0 Å². The number of rotatable bonds is 4. The maximum atomic E-state index is 12.6. The van der Waals surface area contributed by atoms with Crippen LogP contribution >= 0.6 is 15.9 Å². The second kappa shape index (κ2) is 7.38. The molecule has 118 valence electrons. The number of halogens is 1. The lowest BCUT2D eigenvalue weighted by Crippen LogP contribution is -2.39. The average Bonchev–Trinajstić information content (AvgIpc) is 2.45. The van der Waals surface area contributed by atoms with E-state index in [9.17, 15) is 4.21 Å². The van der Waals surface area contributed by atoms with Crippen LogP contribution in [0.3, 0.4) is 0 Å². The highest BCUT2D eigenvalue weighted by molar-refractivity contribution is 9.10. The molecule has 0 radical (unpaired) electrons. The first-order chi connectivity index (χ1) is 9.89. The molecule has 0 saturated heterocycles. The van der Waals surface area contributed by atoms with Gasteiger partial charge >= 0.3 is 0 Å². The van der Waals surface area contributed by atoms with Crippen molar-refractivity contribution in [3.05, 3.63) is 34.3 Å². The van der Waals surface area contributed by atoms with Crippen molar-refractivity contribution in [1.82, 2.24) is 4.72 Å². The van der Waals surface area contributed by atoms with E-state index in [-0.39, 0.29) is 10.8 Å². The predicted molar refractivity (Wildman–Crippen MR) is 94.5 cm³/mol. The van der Waals surface area contributed by atoms with Gasteiger partial charge in [0.1, 0.15) is 0 Å². The van der Waals surface area contributed by atoms with E-state index in [1.54, 1.807) is 0 Å². The summed E-state index contributed by atoms with van der Waals surface area (Å²) in [7, 11) is -1.05. The molecule has 1 aliphatic rings. The van der Waals surface area contributed by atoms with Crippen LogP contribution in [0.2, 0.25) is 0 Å². The topological polar surface area (TPSA) is 29.1 Å². The molecule has 1 aromatic rings. The molecule has 21 heavy (non-hydrogen) atoms. The molecule has 2 nitrogen and oxygen atoms in total. The van der Waals surface area contributed by atoms with Gasteiger partial charge in [-0.2, -0.15) is 0 Å². The Bertz CT molecular complexity index is 492. The van der Waals surface area contributed by atoms with Gasteiger partial charge in [0, 0.05) is 10.5 Å². The standard InChI is InChI=1S/C17H26BrNOS/c1-17(2,3)21(20)19-16(13-9-5-4-6-10-13)14-11-7-8-12-15(14)18/h7-8,11-13,16,19H,4-6,9-10H2,1-3H3. The van der Waals surface area contributed by atoms with E-state index in [1.165, 1.54) is 37.7 Å². The Morgan fingerprint density at radius 1 is 1.19 bits per heavy atom. The van der Waals surface area contributed by atoms with Gasteiger partial charge in [-0.15, -0.1) is 0 Å². The summed E-state index contributed by atoms with van der Waals surface area (Å²) in [6.45, 7) is 6.07. The third-order valence-corrected chi connectivity index (χ3v) is 6.45. The molecule has 1 aromatic carbocycles. The second-order valence-corrected chi connectivity index (χ2v) is 9.75. The van der Waals surface area contributed by atoms with Crippen LogP contribution in [0.25, 0.3) is 0 Å². The van der Waals surface area contributed by atoms with Gasteiger partial charge in [-0.3, -0.25) is 0 Å². The highest BCUT2D eigenvalue weighted by Gasteiger charge is 2.30. The third-order valence-electron chi connectivity index (χ3n) is 4.15. The zero-order valence-electron chi connectivity index (χ0n) is 13.2. The third kappa shape index (κ3) is 4.64. The van der Waals surface area contributed by atoms with E-state index in [0.717, 1.165) is 4.47 Å². The van der Waals surface area contributed by atoms with Crippen molar-refractivity contribution in [1.29, 1.82) is 0 Å². The first-order valence-corrected chi connectivity index (χ1v) is 9.76. The molecule has 1 aliphatic carbocycles. The van der Waals surface area contributed by atoms with E-state index in [2.05, 4.69) is 38.9 Å². The van der Waals surface area contributed by atoms with E-state index < -0.39 is 11.0 Å². The van der Waals surface area contributed by atoms with Crippen molar-refractivity contribution >= 4 is 26.9 Å². The maximum absolute atomic E-state index is 12.6. The molecule has 2 atom stereocenters. The first kappa shape index (κ1) is 17.2. The molecule has 2 unspecified atom stereocenters. The molecule has 4 heteroatoms. The summed E-state index contributed by atoms with van der Waals surface area (Å²) in [5.41, 5.74) is 1.24. The normalized spacial score (nSPS) is 20.2. The van der Waals surface area contributed by atoms with Gasteiger partial charge in [-0.25, -0.2) is 8.93 Å². The first-order valence-electron chi connectivity index (χ1n) is 7.82. The van der Waals surface area contributed by atoms with Gasteiger partial charge in [0.15, 0.2) is 0 Å². The SMILES string of the molecule is CC(C)(C)S(=O)NC(c1ccccc1Br)C1CCCCC1. The Balaban J connectivity index is 2.26. The van der Waals surface area contributed by atoms with E-state index in [0.29, 0.717) is 5.92 Å². The Hall–Kier alpha value is -0.190. The lowest BCUT2D eigenvalue weighted by atomic mass is 9.81. The monoisotopic (exact) mass is 371 g/mol. The Kier molecular flexibility index (Phi) is 6.04. The minimum absolute atomic E-state index is 0.168. The van der Waals surface area contributed by atoms with Crippen molar-refractivity contribution < 1.29 is 4.21 Å². The Morgan fingerprint density at radius 3 is 2.38 bits per heavy atom. The molecule has 0 aromatic heterocycles. The number of hydrogen-bond acceptors (Lipinski definition) is 1. The van der Waals surface area contributed by atoms with Gasteiger partial charge in [-0.1, -0.05) is 53.4 Å². The molecule has 1 saturated carbocycles. The van der Waals surface area contributed by atoms with Gasteiger partial charge in [-0.05, 0) is 51.2 Å². The van der Waals surface area contributed by atoms with Crippen LogP contribution in [0.1, 0.15) is 64.5 Å². The molecular formula is C17H26BrNOS. The van der Waals surface area contributed by atoms with Crippen LogP contribution in [0, 0.1) is 5.92 Å². The van der Waals surface area contributed by atoms with Gasteiger partial charge in [0.25, 0.3) is 0 Å². The van der Waals surface area contributed by atoms with Crippen molar-refractivity contribution in [2.24, 2.45) is 5.92 Å². The Labute approximate surface area is 139 Å². The smallest absolute Gasteiger partial charge is 0.0976 e. The minimum atomic E-state index is -1.05. The largest absolute Gasteiger partial charge is 0.242 e. The zero-order chi connectivity index (χ0) is 15.5. The summed E-state index contributed by atoms with van der Waals surface area (Å²) in [5.74, 6) is 0.573. The van der Waals surface area contributed by atoms with Crippen LogP contribution in [-0.4, -0.2) is 8.96 Å². The van der Waals surface area contributed by atoms with Crippen LogP contribution in [0.15, 0.2) is 28.7 Å². The fraction of sp³-hybridized carbons (Fsp3) is 0.647. The molecule has 1 N–H and O–H groups in total. The van der Waals surface area contributed by atoms with Crippen molar-refractivity contribution in [3.63, 3.8) is 0 Å². The summed E-state index contributed by atoms with van der Waals surface area (Å²) >= 11 is 3.66.